The maximum absolute atomic E-state index is 12.8. The molecule has 0 atom stereocenters. The van der Waals surface area contributed by atoms with E-state index in [2.05, 4.69) is 39.4 Å². The number of para-hydroxylation sites is 1. The van der Waals surface area contributed by atoms with E-state index in [0.717, 1.165) is 57.1 Å². The lowest BCUT2D eigenvalue weighted by Gasteiger charge is -2.21. The molecule has 3 heterocycles. The second kappa shape index (κ2) is 11.4. The number of amidine groups is 1. The number of nitrogens with zero attached hydrogens (tertiary/aromatic N) is 5. The van der Waals surface area contributed by atoms with Crippen LogP contribution >= 0.6 is 11.8 Å². The van der Waals surface area contributed by atoms with Crippen molar-refractivity contribution in [2.45, 2.75) is 46.0 Å². The number of hydrogen-bond donors (Lipinski definition) is 0. The van der Waals surface area contributed by atoms with Crippen molar-refractivity contribution in [1.82, 2.24) is 9.55 Å². The number of hydrogen-bond acceptors (Lipinski definition) is 6. The Labute approximate surface area is 251 Å². The third-order valence-electron chi connectivity index (χ3n) is 7.39. The van der Waals surface area contributed by atoms with E-state index in [1.807, 2.05) is 43.3 Å². The molecule has 2 aliphatic rings. The van der Waals surface area contributed by atoms with Crippen molar-refractivity contribution >= 4 is 34.7 Å². The second-order valence-electron chi connectivity index (χ2n) is 10.6. The maximum Gasteiger partial charge on any atom is 0.573 e. The van der Waals surface area contributed by atoms with Gasteiger partial charge in [-0.15, -0.1) is 18.3 Å². The van der Waals surface area contributed by atoms with E-state index in [9.17, 15) is 18.0 Å². The fourth-order valence-corrected chi connectivity index (χ4v) is 6.34. The Bertz CT molecular complexity index is 1760. The molecular formula is C32H28F3N5O2S. The summed E-state index contributed by atoms with van der Waals surface area (Å²) in [6.45, 7) is 6.77. The lowest BCUT2D eigenvalue weighted by molar-refractivity contribution is -0.274. The van der Waals surface area contributed by atoms with Gasteiger partial charge in [-0.2, -0.15) is 5.10 Å². The predicted octanol–water partition coefficient (Wildman–Crippen LogP) is 7.57. The molecule has 220 valence electrons. The number of fused-ring (bicyclic) bond motifs is 3. The molecule has 7 nitrogen and oxygen atoms in total. The number of carbonyl (C=O) groups excluding carboxylic acids is 1. The first-order chi connectivity index (χ1) is 20.6. The standard InChI is InChI=1S/C32H28F3N5O2S/c1-19(2)25-6-4-5-7-27(25)40-28(41)18-43-31(40)38-36-17-21-8-13-26-23(16-21)14-15-39-29(20(3)37-30(26)39)22-9-11-24(12-10-22)42-32(33,34)35/h4-13,16-17,19H,14-15,18H2,1-3H3. The number of imidazole rings is 1. The summed E-state index contributed by atoms with van der Waals surface area (Å²) in [5.41, 5.74) is 7.34. The van der Waals surface area contributed by atoms with Gasteiger partial charge in [-0.25, -0.2) is 4.98 Å². The van der Waals surface area contributed by atoms with Gasteiger partial charge in [-0.05, 0) is 72.4 Å². The Balaban J connectivity index is 1.24. The van der Waals surface area contributed by atoms with Crippen molar-refractivity contribution in [2.75, 3.05) is 10.7 Å². The molecule has 0 saturated carbocycles. The van der Waals surface area contributed by atoms with Gasteiger partial charge >= 0.3 is 6.36 Å². The van der Waals surface area contributed by atoms with Crippen LogP contribution in [0.1, 0.15) is 42.1 Å². The number of alkyl halides is 3. The summed E-state index contributed by atoms with van der Waals surface area (Å²) in [6, 6.07) is 19.8. The molecule has 2 aliphatic heterocycles. The smallest absolute Gasteiger partial charge is 0.406 e. The van der Waals surface area contributed by atoms with Crippen molar-refractivity contribution in [1.29, 1.82) is 0 Å². The van der Waals surface area contributed by atoms with Crippen LogP contribution in [0.5, 0.6) is 5.75 Å². The van der Waals surface area contributed by atoms with Gasteiger partial charge in [0.05, 0.1) is 29.0 Å². The van der Waals surface area contributed by atoms with Crippen LogP contribution in [0.15, 0.2) is 76.9 Å². The first-order valence-corrected chi connectivity index (χ1v) is 14.8. The summed E-state index contributed by atoms with van der Waals surface area (Å²) in [5, 5.41) is 9.30. The van der Waals surface area contributed by atoms with Gasteiger partial charge in [0.25, 0.3) is 0 Å². The van der Waals surface area contributed by atoms with Crippen LogP contribution in [0.3, 0.4) is 0 Å². The molecule has 1 fully saturated rings. The minimum atomic E-state index is -4.73. The van der Waals surface area contributed by atoms with Crippen LogP contribution in [0, 0.1) is 6.92 Å². The third-order valence-corrected chi connectivity index (χ3v) is 8.31. The maximum atomic E-state index is 12.8. The number of halogens is 3. The zero-order valence-corrected chi connectivity index (χ0v) is 24.5. The van der Waals surface area contributed by atoms with E-state index in [1.54, 1.807) is 23.2 Å². The highest BCUT2D eigenvalue weighted by Crippen LogP contribution is 2.37. The van der Waals surface area contributed by atoms with Gasteiger partial charge < -0.3 is 9.30 Å². The number of aromatic nitrogens is 2. The summed E-state index contributed by atoms with van der Waals surface area (Å²) >= 11 is 1.37. The molecular weight excluding hydrogens is 575 g/mol. The molecule has 43 heavy (non-hydrogen) atoms. The Morgan fingerprint density at radius 2 is 1.84 bits per heavy atom. The van der Waals surface area contributed by atoms with E-state index in [-0.39, 0.29) is 17.6 Å². The number of amides is 1. The highest BCUT2D eigenvalue weighted by Gasteiger charge is 2.32. The summed E-state index contributed by atoms with van der Waals surface area (Å²) in [5.74, 6) is 1.11. The van der Waals surface area contributed by atoms with Crippen LogP contribution < -0.4 is 9.64 Å². The topological polar surface area (TPSA) is 72.1 Å². The average Bonchev–Trinajstić information content (AvgIpc) is 3.51. The molecule has 4 aromatic rings. The first kappa shape index (κ1) is 28.7. The van der Waals surface area contributed by atoms with Crippen LogP contribution in [-0.2, 0) is 17.8 Å². The molecule has 0 radical (unpaired) electrons. The lowest BCUT2D eigenvalue weighted by Crippen LogP contribution is -2.30. The fourth-order valence-electron chi connectivity index (χ4n) is 5.52. The van der Waals surface area contributed by atoms with Crippen LogP contribution in [0.4, 0.5) is 18.9 Å². The predicted molar refractivity (Wildman–Crippen MR) is 164 cm³/mol. The lowest BCUT2D eigenvalue weighted by atomic mass is 9.98. The minimum absolute atomic E-state index is 0.0171. The van der Waals surface area contributed by atoms with E-state index in [4.69, 9.17) is 4.98 Å². The molecule has 0 N–H and O–H groups in total. The highest BCUT2D eigenvalue weighted by molar-refractivity contribution is 8.15. The SMILES string of the molecule is Cc1nc2n(c1-c1ccc(OC(F)(F)F)cc1)CCc1cc(C=NN=C3SCC(=O)N3c3ccccc3C(C)C)ccc1-2. The van der Waals surface area contributed by atoms with Crippen molar-refractivity contribution in [2.24, 2.45) is 10.2 Å². The molecule has 1 amide bonds. The number of aryl methyl sites for hydroxylation is 2. The van der Waals surface area contributed by atoms with Crippen LogP contribution in [0.2, 0.25) is 0 Å². The van der Waals surface area contributed by atoms with E-state index in [1.165, 1.54) is 23.9 Å². The highest BCUT2D eigenvalue weighted by atomic mass is 32.2. The van der Waals surface area contributed by atoms with Gasteiger partial charge in [0.15, 0.2) is 5.17 Å². The summed E-state index contributed by atoms with van der Waals surface area (Å²) < 4.78 is 43.9. The van der Waals surface area contributed by atoms with Crippen molar-refractivity contribution in [3.05, 3.63) is 89.1 Å². The summed E-state index contributed by atoms with van der Waals surface area (Å²) in [7, 11) is 0. The quantitative estimate of drug-likeness (QED) is 0.168. The van der Waals surface area contributed by atoms with Crippen LogP contribution in [-0.4, -0.2) is 39.0 Å². The first-order valence-electron chi connectivity index (χ1n) is 13.8. The average molecular weight is 604 g/mol. The van der Waals surface area contributed by atoms with E-state index >= 15 is 0 Å². The Morgan fingerprint density at radius 3 is 2.58 bits per heavy atom. The Kier molecular flexibility index (Phi) is 7.59. The number of anilines is 1. The number of benzene rings is 3. The summed E-state index contributed by atoms with van der Waals surface area (Å²) in [4.78, 5) is 19.2. The molecule has 11 heteroatoms. The molecule has 6 rings (SSSR count). The van der Waals surface area contributed by atoms with E-state index < -0.39 is 6.36 Å². The number of carbonyl (C=O) groups is 1. The molecule has 0 spiro atoms. The van der Waals surface area contributed by atoms with Gasteiger partial charge in [-0.1, -0.05) is 55.9 Å². The number of ether oxygens (including phenoxy) is 1. The minimum Gasteiger partial charge on any atom is -0.406 e. The van der Waals surface area contributed by atoms with Crippen molar-refractivity contribution in [3.8, 4) is 28.4 Å². The Morgan fingerprint density at radius 1 is 1.07 bits per heavy atom. The van der Waals surface area contributed by atoms with Crippen LogP contribution in [0.25, 0.3) is 22.6 Å². The summed E-state index contributed by atoms with van der Waals surface area (Å²) in [6.07, 6.45) is -2.30. The molecule has 3 aromatic carbocycles. The number of rotatable bonds is 6. The molecule has 0 unspecified atom stereocenters. The molecule has 1 saturated heterocycles. The third kappa shape index (κ3) is 5.81. The van der Waals surface area contributed by atoms with Gasteiger partial charge in [0.2, 0.25) is 5.91 Å². The van der Waals surface area contributed by atoms with Gasteiger partial charge in [-0.3, -0.25) is 9.69 Å². The monoisotopic (exact) mass is 603 g/mol. The Hall–Kier alpha value is -4.38. The number of thioether (sulfide) groups is 1. The molecule has 1 aromatic heterocycles. The normalized spacial score (nSPS) is 15.9. The zero-order chi connectivity index (χ0) is 30.3. The van der Waals surface area contributed by atoms with Crippen molar-refractivity contribution < 1.29 is 22.7 Å². The molecule has 0 bridgehead atoms. The molecule has 0 aliphatic carbocycles. The van der Waals surface area contributed by atoms with E-state index in [0.29, 0.717) is 17.5 Å². The van der Waals surface area contributed by atoms with Gasteiger partial charge in [0, 0.05) is 17.7 Å². The fraction of sp³-hybridized carbons (Fsp3) is 0.250. The van der Waals surface area contributed by atoms with Gasteiger partial charge in [0.1, 0.15) is 11.6 Å². The largest absolute Gasteiger partial charge is 0.573 e. The van der Waals surface area contributed by atoms with Crippen molar-refractivity contribution in [3.63, 3.8) is 0 Å². The zero-order valence-electron chi connectivity index (χ0n) is 23.7. The second-order valence-corrected chi connectivity index (χ2v) is 11.6.